The number of nitrogens with one attached hydrogen (secondary N) is 1. The Bertz CT molecular complexity index is 635. The summed E-state index contributed by atoms with van der Waals surface area (Å²) in [6.45, 7) is 0. The van der Waals surface area contributed by atoms with Crippen molar-refractivity contribution in [2.24, 2.45) is 11.8 Å². The molecule has 0 heterocycles. The van der Waals surface area contributed by atoms with Gasteiger partial charge in [-0.3, -0.25) is 9.59 Å². The van der Waals surface area contributed by atoms with Crippen molar-refractivity contribution in [2.75, 3.05) is 5.32 Å². The van der Waals surface area contributed by atoms with Gasteiger partial charge in [0.25, 0.3) is 0 Å². The van der Waals surface area contributed by atoms with E-state index in [1.165, 1.54) is 0 Å². The van der Waals surface area contributed by atoms with Crippen molar-refractivity contribution >= 4 is 17.6 Å². The quantitative estimate of drug-likeness (QED) is 0.506. The maximum atomic E-state index is 13.5. The summed E-state index contributed by atoms with van der Waals surface area (Å²) < 4.78 is 66.2. The van der Waals surface area contributed by atoms with Crippen LogP contribution in [0.15, 0.2) is 0 Å². The van der Waals surface area contributed by atoms with Crippen molar-refractivity contribution in [2.45, 2.75) is 25.7 Å². The van der Waals surface area contributed by atoms with E-state index in [-0.39, 0.29) is 12.8 Å². The van der Waals surface area contributed by atoms with E-state index in [0.29, 0.717) is 12.8 Å². The first-order valence-corrected chi connectivity index (χ1v) is 6.80. The highest BCUT2D eigenvalue weighted by molar-refractivity contribution is 5.95. The van der Waals surface area contributed by atoms with Crippen molar-refractivity contribution in [1.82, 2.24) is 0 Å². The van der Waals surface area contributed by atoms with Gasteiger partial charge in [0.05, 0.1) is 11.8 Å². The molecule has 0 spiro atoms. The van der Waals surface area contributed by atoms with Gasteiger partial charge in [-0.05, 0) is 12.8 Å². The highest BCUT2D eigenvalue weighted by Gasteiger charge is 2.37. The molecule has 1 amide bonds. The molecule has 126 valence electrons. The van der Waals surface area contributed by atoms with Crippen molar-refractivity contribution in [1.29, 1.82) is 0 Å². The molecule has 4 nitrogen and oxygen atoms in total. The number of halogens is 5. The Labute approximate surface area is 127 Å². The van der Waals surface area contributed by atoms with Crippen molar-refractivity contribution in [3.05, 3.63) is 29.1 Å². The Morgan fingerprint density at radius 3 is 1.74 bits per heavy atom. The lowest BCUT2D eigenvalue weighted by Gasteiger charge is -2.27. The molecule has 2 atom stereocenters. The van der Waals surface area contributed by atoms with E-state index in [1.807, 2.05) is 0 Å². The van der Waals surface area contributed by atoms with Crippen LogP contribution in [0, 0.1) is 40.9 Å². The molecule has 1 saturated carbocycles. The molecular weight excluding hydrogens is 325 g/mol. The van der Waals surface area contributed by atoms with Crippen LogP contribution in [0.1, 0.15) is 25.7 Å². The number of carbonyl (C=O) groups is 2. The standard InChI is InChI=1S/C14H12F5NO3/c15-7-8(16)10(18)12(11(19)9(7)17)20-13(21)5-3-1-2-4-6(5)14(22)23/h5-6H,1-4H2,(H,20,21)(H,22,23). The number of amides is 1. The Hall–Kier alpha value is -2.19. The Kier molecular flexibility index (Phi) is 4.86. The second-order valence-corrected chi connectivity index (χ2v) is 5.27. The average Bonchev–Trinajstić information content (AvgIpc) is 2.54. The van der Waals surface area contributed by atoms with E-state index in [9.17, 15) is 31.5 Å². The smallest absolute Gasteiger partial charge is 0.307 e. The predicted molar refractivity (Wildman–Crippen MR) is 67.9 cm³/mol. The molecule has 2 rings (SSSR count). The average molecular weight is 337 g/mol. The van der Waals surface area contributed by atoms with Crippen molar-refractivity contribution < 1.29 is 36.6 Å². The summed E-state index contributed by atoms with van der Waals surface area (Å²) in [5.74, 6) is -15.5. The molecular formula is C14H12F5NO3. The molecule has 1 aromatic rings. The van der Waals surface area contributed by atoms with Gasteiger partial charge in [0, 0.05) is 0 Å². The van der Waals surface area contributed by atoms with E-state index < -0.39 is 58.5 Å². The van der Waals surface area contributed by atoms with Gasteiger partial charge in [0.2, 0.25) is 11.7 Å². The number of rotatable bonds is 3. The van der Waals surface area contributed by atoms with Gasteiger partial charge >= 0.3 is 5.97 Å². The second kappa shape index (κ2) is 6.51. The number of hydrogen-bond donors (Lipinski definition) is 2. The summed E-state index contributed by atoms with van der Waals surface area (Å²) in [7, 11) is 0. The first kappa shape index (κ1) is 17.2. The molecule has 0 aliphatic heterocycles. The van der Waals surface area contributed by atoms with Gasteiger partial charge in [0.15, 0.2) is 23.3 Å². The summed E-state index contributed by atoms with van der Waals surface area (Å²) in [5.41, 5.74) is -1.47. The molecule has 1 aliphatic rings. The zero-order valence-corrected chi connectivity index (χ0v) is 11.6. The van der Waals surface area contributed by atoms with Crippen LogP contribution in [0.5, 0.6) is 0 Å². The van der Waals surface area contributed by atoms with Crippen LogP contribution in [0.2, 0.25) is 0 Å². The topological polar surface area (TPSA) is 66.4 Å². The van der Waals surface area contributed by atoms with E-state index >= 15 is 0 Å². The largest absolute Gasteiger partial charge is 0.481 e. The van der Waals surface area contributed by atoms with Gasteiger partial charge in [-0.25, -0.2) is 22.0 Å². The van der Waals surface area contributed by atoms with E-state index in [0.717, 1.165) is 0 Å². The molecule has 9 heteroatoms. The molecule has 1 aliphatic carbocycles. The maximum Gasteiger partial charge on any atom is 0.307 e. The van der Waals surface area contributed by atoms with Gasteiger partial charge < -0.3 is 10.4 Å². The van der Waals surface area contributed by atoms with Crippen molar-refractivity contribution in [3.63, 3.8) is 0 Å². The Balaban J connectivity index is 2.32. The highest BCUT2D eigenvalue weighted by atomic mass is 19.2. The van der Waals surface area contributed by atoms with Gasteiger partial charge in [-0.15, -0.1) is 0 Å². The summed E-state index contributed by atoms with van der Waals surface area (Å²) >= 11 is 0. The molecule has 2 unspecified atom stereocenters. The van der Waals surface area contributed by atoms with Crippen LogP contribution >= 0.6 is 0 Å². The number of hydrogen-bond acceptors (Lipinski definition) is 2. The highest BCUT2D eigenvalue weighted by Crippen LogP contribution is 2.33. The molecule has 0 bridgehead atoms. The third-order valence-corrected chi connectivity index (χ3v) is 3.88. The van der Waals surface area contributed by atoms with Crippen LogP contribution in [0.4, 0.5) is 27.6 Å². The van der Waals surface area contributed by atoms with E-state index in [2.05, 4.69) is 0 Å². The van der Waals surface area contributed by atoms with Crippen LogP contribution in [-0.4, -0.2) is 17.0 Å². The number of carboxylic acids is 1. The number of carboxylic acid groups (broad SMARTS) is 1. The van der Waals surface area contributed by atoms with Gasteiger partial charge in [0.1, 0.15) is 5.69 Å². The Morgan fingerprint density at radius 2 is 1.26 bits per heavy atom. The predicted octanol–water partition coefficient (Wildman–Crippen LogP) is 3.21. The third kappa shape index (κ3) is 3.13. The molecule has 2 N–H and O–H groups in total. The third-order valence-electron chi connectivity index (χ3n) is 3.88. The molecule has 1 aromatic carbocycles. The van der Waals surface area contributed by atoms with Gasteiger partial charge in [-0.1, -0.05) is 12.8 Å². The summed E-state index contributed by atoms with van der Waals surface area (Å²) in [5, 5.41) is 10.7. The minimum atomic E-state index is -2.33. The normalized spacial score (nSPS) is 21.1. The van der Waals surface area contributed by atoms with Crippen LogP contribution < -0.4 is 5.32 Å². The summed E-state index contributed by atoms with van der Waals surface area (Å²) in [6.07, 6.45) is 1.45. The second-order valence-electron chi connectivity index (χ2n) is 5.27. The molecule has 1 fully saturated rings. The fourth-order valence-electron chi connectivity index (χ4n) is 2.67. The fraction of sp³-hybridized carbons (Fsp3) is 0.429. The van der Waals surface area contributed by atoms with Gasteiger partial charge in [-0.2, -0.15) is 0 Å². The lowest BCUT2D eigenvalue weighted by Crippen LogP contribution is -2.36. The first-order chi connectivity index (χ1) is 10.8. The monoisotopic (exact) mass is 337 g/mol. The number of carbonyl (C=O) groups excluding carboxylic acids is 1. The minimum Gasteiger partial charge on any atom is -0.481 e. The zero-order chi connectivity index (χ0) is 17.3. The first-order valence-electron chi connectivity index (χ1n) is 6.80. The van der Waals surface area contributed by atoms with Crippen LogP contribution in [0.25, 0.3) is 0 Å². The van der Waals surface area contributed by atoms with E-state index in [1.54, 1.807) is 5.32 Å². The fourth-order valence-corrected chi connectivity index (χ4v) is 2.67. The molecule has 0 radical (unpaired) electrons. The lowest BCUT2D eigenvalue weighted by molar-refractivity contribution is -0.147. The van der Waals surface area contributed by atoms with Crippen LogP contribution in [0.3, 0.4) is 0 Å². The van der Waals surface area contributed by atoms with Crippen molar-refractivity contribution in [3.8, 4) is 0 Å². The summed E-state index contributed by atoms with van der Waals surface area (Å²) in [4.78, 5) is 23.2. The molecule has 0 saturated heterocycles. The summed E-state index contributed by atoms with van der Waals surface area (Å²) in [6, 6.07) is 0. The maximum absolute atomic E-state index is 13.5. The zero-order valence-electron chi connectivity index (χ0n) is 11.6. The van der Waals surface area contributed by atoms with E-state index in [4.69, 9.17) is 5.11 Å². The number of anilines is 1. The van der Waals surface area contributed by atoms with Crippen LogP contribution in [-0.2, 0) is 9.59 Å². The number of benzene rings is 1. The molecule has 0 aromatic heterocycles. The minimum absolute atomic E-state index is 0.151. The lowest BCUT2D eigenvalue weighted by atomic mass is 9.78. The Morgan fingerprint density at radius 1 is 0.826 bits per heavy atom. The SMILES string of the molecule is O=C(O)C1CCCCC1C(=O)Nc1c(F)c(F)c(F)c(F)c1F. The molecule has 23 heavy (non-hydrogen) atoms. The number of aliphatic carboxylic acids is 1.